The molecule has 2 rings (SSSR count). The summed E-state index contributed by atoms with van der Waals surface area (Å²) < 4.78 is 20.7. The standard InChI is InChI=1S/C16H28O5/c1-2-19-15(17)21-16(13-20-16)10-12-18-11-6-9-14-7-4-3-5-8-14/h14H,2-13H2,1H3. The molecule has 1 unspecified atom stereocenters. The van der Waals surface area contributed by atoms with Gasteiger partial charge in [0.25, 0.3) is 0 Å². The molecule has 5 nitrogen and oxygen atoms in total. The molecule has 1 aliphatic carbocycles. The molecule has 1 aliphatic heterocycles. The number of carbonyl (C=O) groups is 1. The van der Waals surface area contributed by atoms with Crippen molar-refractivity contribution in [2.75, 3.05) is 26.4 Å². The van der Waals surface area contributed by atoms with Crippen molar-refractivity contribution in [3.05, 3.63) is 0 Å². The van der Waals surface area contributed by atoms with Crippen molar-refractivity contribution in [2.45, 2.75) is 64.1 Å². The number of hydrogen-bond acceptors (Lipinski definition) is 5. The Hall–Kier alpha value is -0.810. The molecule has 0 spiro atoms. The predicted octanol–water partition coefficient (Wildman–Crippen LogP) is 3.65. The molecule has 0 aromatic carbocycles. The summed E-state index contributed by atoms with van der Waals surface area (Å²) in [5, 5.41) is 0. The van der Waals surface area contributed by atoms with Gasteiger partial charge in [-0.1, -0.05) is 32.1 Å². The lowest BCUT2D eigenvalue weighted by Crippen LogP contribution is -2.24. The van der Waals surface area contributed by atoms with E-state index < -0.39 is 11.9 Å². The third-order valence-electron chi connectivity index (χ3n) is 4.25. The smallest absolute Gasteiger partial charge is 0.435 e. The van der Waals surface area contributed by atoms with Crippen molar-refractivity contribution in [1.82, 2.24) is 0 Å². The SMILES string of the molecule is CCOC(=O)OC1(CCOCCCC2CCCCC2)CO1. The topological polar surface area (TPSA) is 57.3 Å². The molecule has 21 heavy (non-hydrogen) atoms. The molecule has 1 saturated carbocycles. The van der Waals surface area contributed by atoms with Crippen LogP contribution in [-0.2, 0) is 18.9 Å². The molecule has 2 fully saturated rings. The van der Waals surface area contributed by atoms with E-state index in [9.17, 15) is 4.79 Å². The zero-order chi connectivity index (χ0) is 15.0. The van der Waals surface area contributed by atoms with Crippen LogP contribution in [0.15, 0.2) is 0 Å². The minimum atomic E-state index is -0.782. The van der Waals surface area contributed by atoms with Gasteiger partial charge in [0.1, 0.15) is 6.61 Å². The van der Waals surface area contributed by atoms with Crippen LogP contribution in [0.25, 0.3) is 0 Å². The van der Waals surface area contributed by atoms with Crippen molar-refractivity contribution in [3.8, 4) is 0 Å². The summed E-state index contributed by atoms with van der Waals surface area (Å²) in [5.41, 5.74) is 0. The monoisotopic (exact) mass is 300 g/mol. The van der Waals surface area contributed by atoms with Crippen LogP contribution in [0, 0.1) is 5.92 Å². The van der Waals surface area contributed by atoms with Gasteiger partial charge in [-0.25, -0.2) is 4.79 Å². The van der Waals surface area contributed by atoms with Crippen LogP contribution in [0.4, 0.5) is 4.79 Å². The quantitative estimate of drug-likeness (QED) is 0.369. The highest BCUT2D eigenvalue weighted by Crippen LogP contribution is 2.33. The van der Waals surface area contributed by atoms with E-state index in [-0.39, 0.29) is 0 Å². The first-order valence-corrected chi connectivity index (χ1v) is 8.31. The van der Waals surface area contributed by atoms with E-state index in [0.29, 0.717) is 26.2 Å². The lowest BCUT2D eigenvalue weighted by Gasteiger charge is -2.21. The third-order valence-corrected chi connectivity index (χ3v) is 4.25. The Balaban J connectivity index is 1.46. The maximum Gasteiger partial charge on any atom is 0.510 e. The van der Waals surface area contributed by atoms with Crippen molar-refractivity contribution in [2.24, 2.45) is 5.92 Å². The summed E-state index contributed by atoms with van der Waals surface area (Å²) in [6.45, 7) is 3.84. The van der Waals surface area contributed by atoms with Crippen LogP contribution in [0.1, 0.15) is 58.3 Å². The van der Waals surface area contributed by atoms with Gasteiger partial charge in [-0.3, -0.25) is 0 Å². The normalized spacial score (nSPS) is 25.6. The van der Waals surface area contributed by atoms with Gasteiger partial charge in [0.2, 0.25) is 5.79 Å². The third kappa shape index (κ3) is 6.22. The molecule has 0 aromatic rings. The zero-order valence-corrected chi connectivity index (χ0v) is 13.1. The molecule has 5 heteroatoms. The highest BCUT2D eigenvalue weighted by Gasteiger charge is 2.49. The second-order valence-corrected chi connectivity index (χ2v) is 5.99. The van der Waals surface area contributed by atoms with E-state index in [4.69, 9.17) is 18.9 Å². The van der Waals surface area contributed by atoms with E-state index in [2.05, 4.69) is 0 Å². The molecule has 1 atom stereocenters. The predicted molar refractivity (Wildman–Crippen MR) is 78.0 cm³/mol. The minimum absolute atomic E-state index is 0.312. The highest BCUT2D eigenvalue weighted by atomic mass is 16.8. The van der Waals surface area contributed by atoms with Gasteiger partial charge in [0.05, 0.1) is 13.2 Å². The molecular weight excluding hydrogens is 272 g/mol. The lowest BCUT2D eigenvalue weighted by atomic mass is 9.86. The number of carbonyl (C=O) groups excluding carboxylic acids is 1. The van der Waals surface area contributed by atoms with Gasteiger partial charge < -0.3 is 18.9 Å². The Bertz CT molecular complexity index is 308. The molecule has 0 aromatic heterocycles. The van der Waals surface area contributed by atoms with Crippen LogP contribution in [0.5, 0.6) is 0 Å². The fourth-order valence-electron chi connectivity index (χ4n) is 2.91. The second kappa shape index (κ2) is 8.59. The van der Waals surface area contributed by atoms with Crippen molar-refractivity contribution in [1.29, 1.82) is 0 Å². The largest absolute Gasteiger partial charge is 0.510 e. The first-order chi connectivity index (χ1) is 10.2. The molecule has 0 radical (unpaired) electrons. The minimum Gasteiger partial charge on any atom is -0.435 e. The van der Waals surface area contributed by atoms with Gasteiger partial charge in [0.15, 0.2) is 0 Å². The van der Waals surface area contributed by atoms with Crippen LogP contribution < -0.4 is 0 Å². The fraction of sp³-hybridized carbons (Fsp3) is 0.938. The maximum absolute atomic E-state index is 11.2. The maximum atomic E-state index is 11.2. The molecule has 1 saturated heterocycles. The fourth-order valence-corrected chi connectivity index (χ4v) is 2.91. The van der Waals surface area contributed by atoms with Crippen molar-refractivity contribution >= 4 is 6.16 Å². The Morgan fingerprint density at radius 2 is 2.00 bits per heavy atom. The summed E-state index contributed by atoms with van der Waals surface area (Å²) in [4.78, 5) is 11.2. The number of hydrogen-bond donors (Lipinski definition) is 0. The average molecular weight is 300 g/mol. The van der Waals surface area contributed by atoms with E-state index >= 15 is 0 Å². The highest BCUT2D eigenvalue weighted by molar-refractivity contribution is 5.60. The molecule has 0 bridgehead atoms. The van der Waals surface area contributed by atoms with Gasteiger partial charge >= 0.3 is 6.16 Å². The molecule has 0 N–H and O–H groups in total. The Morgan fingerprint density at radius 3 is 2.67 bits per heavy atom. The first-order valence-electron chi connectivity index (χ1n) is 8.31. The Kier molecular flexibility index (Phi) is 6.77. The van der Waals surface area contributed by atoms with Crippen LogP contribution in [0.2, 0.25) is 0 Å². The first kappa shape index (κ1) is 16.6. The number of epoxide rings is 1. The van der Waals surface area contributed by atoms with E-state index in [1.807, 2.05) is 0 Å². The summed E-state index contributed by atoms with van der Waals surface area (Å²) in [5.74, 6) is 0.128. The summed E-state index contributed by atoms with van der Waals surface area (Å²) in [6, 6.07) is 0. The molecule has 0 amide bonds. The van der Waals surface area contributed by atoms with Crippen LogP contribution in [0.3, 0.4) is 0 Å². The van der Waals surface area contributed by atoms with Crippen LogP contribution in [-0.4, -0.2) is 38.4 Å². The molecule has 122 valence electrons. The molecule has 1 heterocycles. The average Bonchev–Trinajstić information content (AvgIpc) is 3.24. The summed E-state index contributed by atoms with van der Waals surface area (Å²) in [6.07, 6.45) is 9.32. The Morgan fingerprint density at radius 1 is 1.24 bits per heavy atom. The van der Waals surface area contributed by atoms with E-state index in [1.165, 1.54) is 38.5 Å². The van der Waals surface area contributed by atoms with Gasteiger partial charge in [0, 0.05) is 13.0 Å². The molecule has 2 aliphatic rings. The van der Waals surface area contributed by atoms with Crippen molar-refractivity contribution in [3.63, 3.8) is 0 Å². The summed E-state index contributed by atoms with van der Waals surface area (Å²) in [7, 11) is 0. The lowest BCUT2D eigenvalue weighted by molar-refractivity contribution is -0.0492. The Labute approximate surface area is 127 Å². The second-order valence-electron chi connectivity index (χ2n) is 5.99. The number of rotatable bonds is 9. The van der Waals surface area contributed by atoms with E-state index in [0.717, 1.165) is 18.9 Å². The summed E-state index contributed by atoms with van der Waals surface area (Å²) >= 11 is 0. The van der Waals surface area contributed by atoms with Crippen LogP contribution >= 0.6 is 0 Å². The van der Waals surface area contributed by atoms with E-state index in [1.54, 1.807) is 6.92 Å². The van der Waals surface area contributed by atoms with Gasteiger partial charge in [-0.2, -0.15) is 0 Å². The van der Waals surface area contributed by atoms with Gasteiger partial charge in [-0.15, -0.1) is 0 Å². The van der Waals surface area contributed by atoms with Crippen molar-refractivity contribution < 1.29 is 23.7 Å². The number of ether oxygens (including phenoxy) is 4. The molecular formula is C16H28O5. The van der Waals surface area contributed by atoms with Gasteiger partial charge in [-0.05, 0) is 25.7 Å². The zero-order valence-electron chi connectivity index (χ0n) is 13.1.